The van der Waals surface area contributed by atoms with Gasteiger partial charge in [-0.1, -0.05) is 42.1 Å². The second-order valence-corrected chi connectivity index (χ2v) is 7.09. The number of methoxy groups -OCH3 is 1. The van der Waals surface area contributed by atoms with Crippen molar-refractivity contribution >= 4 is 35.1 Å². The van der Waals surface area contributed by atoms with Crippen molar-refractivity contribution in [2.75, 3.05) is 17.9 Å². The minimum Gasteiger partial charge on any atom is -0.494 e. The lowest BCUT2D eigenvalue weighted by Crippen LogP contribution is -2.31. The number of ether oxygens (including phenoxy) is 1. The number of carbonyl (C=O) groups is 2. The van der Waals surface area contributed by atoms with Crippen LogP contribution >= 0.6 is 11.8 Å². The summed E-state index contributed by atoms with van der Waals surface area (Å²) in [6.45, 7) is 0. The maximum absolute atomic E-state index is 12.4. The van der Waals surface area contributed by atoms with Crippen LogP contribution in [0, 0.1) is 0 Å². The summed E-state index contributed by atoms with van der Waals surface area (Å²) in [6.07, 6.45) is 0.0320. The highest BCUT2D eigenvalue weighted by Gasteiger charge is 2.26. The molecule has 11 heteroatoms. The van der Waals surface area contributed by atoms with Gasteiger partial charge >= 0.3 is 0 Å². The van der Waals surface area contributed by atoms with Crippen LogP contribution in [0.4, 0.5) is 5.69 Å². The molecule has 2 aromatic carbocycles. The van der Waals surface area contributed by atoms with E-state index in [1.165, 1.54) is 9.69 Å². The van der Waals surface area contributed by atoms with Gasteiger partial charge < -0.3 is 10.1 Å². The molecule has 0 radical (unpaired) electrons. The number of carbonyl (C=O) groups excluding carboxylic acids is 2. The SMILES string of the molecule is COc1ccccc1-n1nnnc1SCC(=O)NC1=NN(c2ccccc2)C(=O)C1. The standard InChI is InChI=1S/C19H17N7O3S/c1-29-15-10-6-5-9-14(15)26-19(21-23-24-26)30-12-17(27)20-16-11-18(28)25(22-16)13-7-3-2-4-8-13/h2-10H,11-12H2,1H3,(H,20,22,27). The van der Waals surface area contributed by atoms with E-state index < -0.39 is 0 Å². The van der Waals surface area contributed by atoms with E-state index in [1.807, 2.05) is 36.4 Å². The van der Waals surface area contributed by atoms with Crippen molar-refractivity contribution in [2.24, 2.45) is 5.10 Å². The van der Waals surface area contributed by atoms with E-state index in [-0.39, 0.29) is 24.0 Å². The average molecular weight is 423 g/mol. The van der Waals surface area contributed by atoms with Gasteiger partial charge in [-0.3, -0.25) is 9.59 Å². The summed E-state index contributed by atoms with van der Waals surface area (Å²) in [5, 5.41) is 20.2. The predicted octanol–water partition coefficient (Wildman–Crippen LogP) is 1.63. The van der Waals surface area contributed by atoms with Crippen LogP contribution in [0.5, 0.6) is 5.75 Å². The molecule has 0 atom stereocenters. The molecular formula is C19H17N7O3S. The van der Waals surface area contributed by atoms with E-state index in [9.17, 15) is 9.59 Å². The Bertz CT molecular complexity index is 1100. The second-order valence-electron chi connectivity index (χ2n) is 6.15. The molecule has 1 aliphatic rings. The van der Waals surface area contributed by atoms with Crippen molar-refractivity contribution < 1.29 is 14.3 Å². The van der Waals surface area contributed by atoms with E-state index in [0.717, 1.165) is 11.8 Å². The minimum absolute atomic E-state index is 0.0320. The highest BCUT2D eigenvalue weighted by molar-refractivity contribution is 7.99. The highest BCUT2D eigenvalue weighted by atomic mass is 32.2. The van der Waals surface area contributed by atoms with E-state index in [1.54, 1.807) is 25.3 Å². The number of nitrogens with one attached hydrogen (secondary N) is 1. The van der Waals surface area contributed by atoms with Gasteiger partial charge in [-0.25, -0.2) is 0 Å². The van der Waals surface area contributed by atoms with Crippen molar-refractivity contribution in [2.45, 2.75) is 11.6 Å². The van der Waals surface area contributed by atoms with E-state index in [0.29, 0.717) is 28.1 Å². The quantitative estimate of drug-likeness (QED) is 0.599. The molecule has 0 saturated carbocycles. The summed E-state index contributed by atoms with van der Waals surface area (Å²) in [6, 6.07) is 16.3. The van der Waals surface area contributed by atoms with Crippen LogP contribution in [0.2, 0.25) is 0 Å². The van der Waals surface area contributed by atoms with Gasteiger partial charge in [0.25, 0.3) is 5.91 Å². The third-order valence-corrected chi connectivity index (χ3v) is 5.07. The molecule has 0 spiro atoms. The third-order valence-electron chi connectivity index (χ3n) is 4.15. The Hall–Kier alpha value is -3.73. The molecule has 3 aromatic rings. The molecule has 1 aliphatic heterocycles. The smallest absolute Gasteiger partial charge is 0.255 e. The Morgan fingerprint density at radius 3 is 2.73 bits per heavy atom. The second kappa shape index (κ2) is 8.74. The van der Waals surface area contributed by atoms with Gasteiger partial charge in [-0.05, 0) is 34.7 Å². The molecule has 0 aliphatic carbocycles. The molecule has 2 amide bonds. The van der Waals surface area contributed by atoms with E-state index >= 15 is 0 Å². The molecule has 30 heavy (non-hydrogen) atoms. The minimum atomic E-state index is -0.309. The van der Waals surface area contributed by atoms with Gasteiger partial charge in [0.05, 0.1) is 25.0 Å². The predicted molar refractivity (Wildman–Crippen MR) is 111 cm³/mol. The van der Waals surface area contributed by atoms with Crippen molar-refractivity contribution in [1.82, 2.24) is 25.5 Å². The molecule has 0 saturated heterocycles. The lowest BCUT2D eigenvalue weighted by Gasteiger charge is -2.10. The number of benzene rings is 2. The zero-order valence-electron chi connectivity index (χ0n) is 15.9. The molecule has 4 rings (SSSR count). The van der Waals surface area contributed by atoms with Gasteiger partial charge in [0.15, 0.2) is 0 Å². The number of thioether (sulfide) groups is 1. The van der Waals surface area contributed by atoms with Gasteiger partial charge in [-0.15, -0.1) is 5.10 Å². The molecule has 0 unspecified atom stereocenters. The monoisotopic (exact) mass is 423 g/mol. The van der Waals surface area contributed by atoms with Gasteiger partial charge in [-0.2, -0.15) is 14.8 Å². The van der Waals surface area contributed by atoms with Crippen molar-refractivity contribution in [3.8, 4) is 11.4 Å². The van der Waals surface area contributed by atoms with Gasteiger partial charge in [0, 0.05) is 0 Å². The molecule has 152 valence electrons. The van der Waals surface area contributed by atoms with Gasteiger partial charge in [0.1, 0.15) is 17.3 Å². The van der Waals surface area contributed by atoms with Crippen molar-refractivity contribution in [3.05, 3.63) is 54.6 Å². The molecule has 1 N–H and O–H groups in total. The molecule has 0 fully saturated rings. The highest BCUT2D eigenvalue weighted by Crippen LogP contribution is 2.25. The Kier molecular flexibility index (Phi) is 5.70. The largest absolute Gasteiger partial charge is 0.494 e. The van der Waals surface area contributed by atoms with Crippen LogP contribution in [-0.2, 0) is 9.59 Å². The average Bonchev–Trinajstić information content (AvgIpc) is 3.39. The zero-order chi connectivity index (χ0) is 20.9. The summed E-state index contributed by atoms with van der Waals surface area (Å²) in [5.74, 6) is 0.448. The van der Waals surface area contributed by atoms with E-state index in [2.05, 4.69) is 25.9 Å². The number of tetrazole rings is 1. The Balaban J connectivity index is 1.40. The fourth-order valence-corrected chi connectivity index (χ4v) is 3.51. The molecule has 2 heterocycles. The summed E-state index contributed by atoms with van der Waals surface area (Å²) in [4.78, 5) is 24.6. The van der Waals surface area contributed by atoms with E-state index in [4.69, 9.17) is 4.74 Å². The first-order valence-electron chi connectivity index (χ1n) is 8.95. The van der Waals surface area contributed by atoms with Crippen molar-refractivity contribution in [1.29, 1.82) is 0 Å². The number of nitrogens with zero attached hydrogens (tertiary/aromatic N) is 6. The van der Waals surface area contributed by atoms with Crippen molar-refractivity contribution in [3.63, 3.8) is 0 Å². The van der Waals surface area contributed by atoms with Crippen LogP contribution in [0.3, 0.4) is 0 Å². The third kappa shape index (κ3) is 4.15. The summed E-state index contributed by atoms with van der Waals surface area (Å²) < 4.78 is 6.84. The molecule has 1 aromatic heterocycles. The summed E-state index contributed by atoms with van der Waals surface area (Å²) >= 11 is 1.16. The maximum atomic E-state index is 12.4. The molecule has 0 bridgehead atoms. The lowest BCUT2D eigenvalue weighted by atomic mass is 10.3. The fourth-order valence-electron chi connectivity index (χ4n) is 2.82. The summed E-state index contributed by atoms with van der Waals surface area (Å²) in [7, 11) is 1.56. The number of anilines is 1. The number of amides is 2. The molecular weight excluding hydrogens is 406 g/mol. The molecule has 10 nitrogen and oxygen atoms in total. The normalized spacial score (nSPS) is 13.3. The van der Waals surface area contributed by atoms with Crippen LogP contribution < -0.4 is 15.1 Å². The topological polar surface area (TPSA) is 115 Å². The first kappa shape index (κ1) is 19.6. The van der Waals surface area contributed by atoms with Gasteiger partial charge in [0.2, 0.25) is 11.1 Å². The number of hydrazone groups is 1. The van der Waals surface area contributed by atoms with Crippen LogP contribution in [-0.4, -0.2) is 50.7 Å². The number of hydrogen-bond acceptors (Lipinski definition) is 8. The Morgan fingerprint density at radius 2 is 1.93 bits per heavy atom. The van der Waals surface area contributed by atoms with Crippen LogP contribution in [0.15, 0.2) is 64.9 Å². The number of amidine groups is 1. The number of aromatic nitrogens is 4. The lowest BCUT2D eigenvalue weighted by molar-refractivity contribution is -0.117. The Morgan fingerprint density at radius 1 is 1.17 bits per heavy atom. The van der Waals surface area contributed by atoms with Crippen LogP contribution in [0.25, 0.3) is 5.69 Å². The number of hydrogen-bond donors (Lipinski definition) is 1. The maximum Gasteiger partial charge on any atom is 0.255 e. The Labute approximate surface area is 175 Å². The zero-order valence-corrected chi connectivity index (χ0v) is 16.7. The first-order chi connectivity index (χ1) is 14.7. The fraction of sp³-hybridized carbons (Fsp3) is 0.158. The summed E-state index contributed by atoms with van der Waals surface area (Å²) in [5.41, 5.74) is 1.31. The number of rotatable bonds is 6. The number of para-hydroxylation sites is 3. The van der Waals surface area contributed by atoms with Crippen LogP contribution in [0.1, 0.15) is 6.42 Å². The first-order valence-corrected chi connectivity index (χ1v) is 9.94.